The standard InChI is InChI=1S/C18H19N3O2S/c1-22-14-8-6-13(7-9-14)18-19-17(23-20-18)12-21-10-2-4-15(21)16-5-3-11-24-16/h3,5-9,11,15H,2,4,10,12H2,1H3/t15-/m0/s1. The number of rotatable bonds is 5. The molecule has 0 bridgehead atoms. The lowest BCUT2D eigenvalue weighted by Gasteiger charge is -2.21. The van der Waals surface area contributed by atoms with Crippen molar-refractivity contribution in [3.63, 3.8) is 0 Å². The van der Waals surface area contributed by atoms with E-state index in [9.17, 15) is 0 Å². The number of ether oxygens (including phenoxy) is 1. The Labute approximate surface area is 144 Å². The van der Waals surface area contributed by atoms with Gasteiger partial charge in [0.1, 0.15) is 5.75 Å². The first-order chi connectivity index (χ1) is 11.8. The van der Waals surface area contributed by atoms with E-state index in [1.54, 1.807) is 7.11 Å². The van der Waals surface area contributed by atoms with Crippen LogP contribution in [0.3, 0.4) is 0 Å². The summed E-state index contributed by atoms with van der Waals surface area (Å²) in [7, 11) is 1.65. The maximum atomic E-state index is 5.47. The Kier molecular flexibility index (Phi) is 4.32. The van der Waals surface area contributed by atoms with Gasteiger partial charge in [-0.05, 0) is 55.1 Å². The molecule has 0 spiro atoms. The van der Waals surface area contributed by atoms with Gasteiger partial charge in [-0.2, -0.15) is 4.98 Å². The highest BCUT2D eigenvalue weighted by atomic mass is 32.1. The van der Waals surface area contributed by atoms with Crippen LogP contribution < -0.4 is 4.74 Å². The number of hydrogen-bond acceptors (Lipinski definition) is 6. The van der Waals surface area contributed by atoms with Gasteiger partial charge in [-0.25, -0.2) is 0 Å². The van der Waals surface area contributed by atoms with E-state index in [1.165, 1.54) is 17.7 Å². The van der Waals surface area contributed by atoms with Gasteiger partial charge >= 0.3 is 0 Å². The summed E-state index contributed by atoms with van der Waals surface area (Å²) >= 11 is 1.82. The van der Waals surface area contributed by atoms with Crippen LogP contribution in [0.4, 0.5) is 0 Å². The van der Waals surface area contributed by atoms with E-state index >= 15 is 0 Å². The van der Waals surface area contributed by atoms with Crippen LogP contribution in [0.15, 0.2) is 46.3 Å². The van der Waals surface area contributed by atoms with E-state index in [0.29, 0.717) is 24.3 Å². The van der Waals surface area contributed by atoms with Crippen LogP contribution in [0.2, 0.25) is 0 Å². The van der Waals surface area contributed by atoms with Crippen molar-refractivity contribution in [2.75, 3.05) is 13.7 Å². The minimum atomic E-state index is 0.473. The number of nitrogens with zero attached hydrogens (tertiary/aromatic N) is 3. The lowest BCUT2D eigenvalue weighted by atomic mass is 10.2. The maximum absolute atomic E-state index is 5.47. The predicted octanol–water partition coefficient (Wildman–Crippen LogP) is 4.14. The molecule has 1 saturated heterocycles. The smallest absolute Gasteiger partial charge is 0.241 e. The zero-order valence-electron chi connectivity index (χ0n) is 13.5. The molecule has 0 radical (unpaired) electrons. The molecule has 24 heavy (non-hydrogen) atoms. The highest BCUT2D eigenvalue weighted by molar-refractivity contribution is 7.10. The van der Waals surface area contributed by atoms with Gasteiger partial charge in [-0.1, -0.05) is 11.2 Å². The molecule has 0 aliphatic carbocycles. The third kappa shape index (κ3) is 3.07. The molecule has 1 atom stereocenters. The first-order valence-electron chi connectivity index (χ1n) is 8.08. The molecule has 6 heteroatoms. The third-order valence-electron chi connectivity index (χ3n) is 4.39. The number of thiophene rings is 1. The summed E-state index contributed by atoms with van der Waals surface area (Å²) in [6, 6.07) is 12.5. The van der Waals surface area contributed by atoms with E-state index in [1.807, 2.05) is 35.6 Å². The van der Waals surface area contributed by atoms with E-state index in [4.69, 9.17) is 9.26 Å². The zero-order valence-corrected chi connectivity index (χ0v) is 14.3. The van der Waals surface area contributed by atoms with Crippen molar-refractivity contribution in [3.05, 3.63) is 52.5 Å². The molecule has 3 aromatic rings. The summed E-state index contributed by atoms with van der Waals surface area (Å²) in [6.45, 7) is 1.77. The molecule has 1 aromatic carbocycles. The fourth-order valence-corrected chi connectivity index (χ4v) is 4.06. The normalized spacial score (nSPS) is 18.1. The molecular formula is C18H19N3O2S. The number of benzene rings is 1. The van der Waals surface area contributed by atoms with Gasteiger partial charge < -0.3 is 9.26 Å². The first kappa shape index (κ1) is 15.4. The second kappa shape index (κ2) is 6.75. The lowest BCUT2D eigenvalue weighted by Crippen LogP contribution is -2.22. The quantitative estimate of drug-likeness (QED) is 0.698. The first-order valence-corrected chi connectivity index (χ1v) is 8.96. The summed E-state index contributed by atoms with van der Waals surface area (Å²) in [5.74, 6) is 2.11. The number of hydrogen-bond donors (Lipinski definition) is 0. The number of methoxy groups -OCH3 is 1. The predicted molar refractivity (Wildman–Crippen MR) is 93.0 cm³/mol. The highest BCUT2D eigenvalue weighted by Gasteiger charge is 2.28. The molecule has 0 amide bonds. The molecule has 1 aliphatic heterocycles. The summed E-state index contributed by atoms with van der Waals surface area (Å²) < 4.78 is 10.6. The average molecular weight is 341 g/mol. The second-order valence-corrected chi connectivity index (χ2v) is 6.86. The van der Waals surface area contributed by atoms with Crippen LogP contribution in [0.5, 0.6) is 5.75 Å². The Hall–Kier alpha value is -2.18. The van der Waals surface area contributed by atoms with Gasteiger partial charge in [0.25, 0.3) is 0 Å². The minimum Gasteiger partial charge on any atom is -0.497 e. The van der Waals surface area contributed by atoms with Crippen LogP contribution >= 0.6 is 11.3 Å². The Morgan fingerprint density at radius 2 is 2.17 bits per heavy atom. The van der Waals surface area contributed by atoms with Gasteiger partial charge in [-0.3, -0.25) is 4.90 Å². The second-order valence-electron chi connectivity index (χ2n) is 5.88. The van der Waals surface area contributed by atoms with Crippen LogP contribution in [0.25, 0.3) is 11.4 Å². The van der Waals surface area contributed by atoms with Gasteiger partial charge in [0, 0.05) is 16.5 Å². The lowest BCUT2D eigenvalue weighted by molar-refractivity contribution is 0.214. The van der Waals surface area contributed by atoms with E-state index in [-0.39, 0.29) is 0 Å². The maximum Gasteiger partial charge on any atom is 0.241 e. The fourth-order valence-electron chi connectivity index (χ4n) is 3.17. The number of likely N-dealkylation sites (tertiary alicyclic amines) is 1. The van der Waals surface area contributed by atoms with Crippen molar-refractivity contribution in [1.29, 1.82) is 0 Å². The molecule has 5 nitrogen and oxygen atoms in total. The molecule has 4 rings (SSSR count). The summed E-state index contributed by atoms with van der Waals surface area (Å²) in [4.78, 5) is 8.40. The summed E-state index contributed by atoms with van der Waals surface area (Å²) in [6.07, 6.45) is 2.40. The molecule has 0 saturated carbocycles. The van der Waals surface area contributed by atoms with E-state index in [0.717, 1.165) is 17.9 Å². The minimum absolute atomic E-state index is 0.473. The molecule has 0 N–H and O–H groups in total. The van der Waals surface area contributed by atoms with Crippen molar-refractivity contribution in [1.82, 2.24) is 15.0 Å². The Morgan fingerprint density at radius 1 is 1.29 bits per heavy atom. The SMILES string of the molecule is COc1ccc(-c2noc(CN3CCC[C@H]3c3cccs3)n2)cc1. The summed E-state index contributed by atoms with van der Waals surface area (Å²) in [5.41, 5.74) is 0.932. The van der Waals surface area contributed by atoms with E-state index in [2.05, 4.69) is 32.6 Å². The van der Waals surface area contributed by atoms with Gasteiger partial charge in [0.2, 0.25) is 11.7 Å². The zero-order chi connectivity index (χ0) is 16.4. The molecule has 2 aromatic heterocycles. The Morgan fingerprint density at radius 3 is 2.92 bits per heavy atom. The van der Waals surface area contributed by atoms with Gasteiger partial charge in [0.15, 0.2) is 0 Å². The number of aromatic nitrogens is 2. The third-order valence-corrected chi connectivity index (χ3v) is 5.36. The van der Waals surface area contributed by atoms with Crippen molar-refractivity contribution in [2.45, 2.75) is 25.4 Å². The summed E-state index contributed by atoms with van der Waals surface area (Å²) in [5, 5.41) is 6.26. The Balaban J connectivity index is 1.48. The topological polar surface area (TPSA) is 51.4 Å². The fraction of sp³-hybridized carbons (Fsp3) is 0.333. The molecule has 0 unspecified atom stereocenters. The van der Waals surface area contributed by atoms with Crippen LogP contribution in [0, 0.1) is 0 Å². The van der Waals surface area contributed by atoms with Crippen LogP contribution in [-0.2, 0) is 6.54 Å². The molecule has 3 heterocycles. The van der Waals surface area contributed by atoms with Gasteiger partial charge in [0.05, 0.1) is 13.7 Å². The monoisotopic (exact) mass is 341 g/mol. The van der Waals surface area contributed by atoms with Crippen molar-refractivity contribution in [3.8, 4) is 17.1 Å². The largest absolute Gasteiger partial charge is 0.497 e. The van der Waals surface area contributed by atoms with Gasteiger partial charge in [-0.15, -0.1) is 11.3 Å². The van der Waals surface area contributed by atoms with Crippen molar-refractivity contribution >= 4 is 11.3 Å². The van der Waals surface area contributed by atoms with Crippen LogP contribution in [-0.4, -0.2) is 28.7 Å². The van der Waals surface area contributed by atoms with E-state index < -0.39 is 0 Å². The molecule has 1 fully saturated rings. The van der Waals surface area contributed by atoms with Crippen LogP contribution in [0.1, 0.15) is 29.7 Å². The highest BCUT2D eigenvalue weighted by Crippen LogP contribution is 2.35. The van der Waals surface area contributed by atoms with Crippen molar-refractivity contribution in [2.24, 2.45) is 0 Å². The molecule has 1 aliphatic rings. The molecular weight excluding hydrogens is 322 g/mol. The molecule has 124 valence electrons. The Bertz CT molecular complexity index is 783. The van der Waals surface area contributed by atoms with Crippen molar-refractivity contribution < 1.29 is 9.26 Å². The average Bonchev–Trinajstić information content (AvgIpc) is 3.37.